The van der Waals surface area contributed by atoms with Crippen LogP contribution in [0.4, 0.5) is 8.78 Å². The van der Waals surface area contributed by atoms with E-state index in [1.165, 1.54) is 30.1 Å². The molecular weight excluding hydrogens is 358 g/mol. The summed E-state index contributed by atoms with van der Waals surface area (Å²) in [6.07, 6.45) is 1.80. The van der Waals surface area contributed by atoms with Crippen molar-refractivity contribution in [1.82, 2.24) is 10.3 Å². The minimum absolute atomic E-state index is 0.0793. The van der Waals surface area contributed by atoms with E-state index in [2.05, 4.69) is 10.3 Å². The quantitative estimate of drug-likeness (QED) is 0.610. The average molecular weight is 378 g/mol. The maximum Gasteiger partial charge on any atom is 0.269 e. The highest BCUT2D eigenvalue weighted by Crippen LogP contribution is 2.25. The van der Waals surface area contributed by atoms with Crippen molar-refractivity contribution in [2.24, 2.45) is 0 Å². The fourth-order valence-corrected chi connectivity index (χ4v) is 3.54. The first-order chi connectivity index (χ1) is 12.5. The normalized spacial score (nSPS) is 15.0. The van der Waals surface area contributed by atoms with Crippen molar-refractivity contribution in [1.29, 1.82) is 0 Å². The highest BCUT2D eigenvalue weighted by Gasteiger charge is 2.18. The van der Waals surface area contributed by atoms with Gasteiger partial charge in [-0.25, -0.2) is 8.78 Å². The van der Waals surface area contributed by atoms with Gasteiger partial charge in [-0.05, 0) is 60.7 Å². The van der Waals surface area contributed by atoms with Gasteiger partial charge in [-0.3, -0.25) is 10.2 Å². The van der Waals surface area contributed by atoms with E-state index in [-0.39, 0.29) is 11.4 Å². The predicted molar refractivity (Wildman–Crippen MR) is 98.6 cm³/mol. The molecule has 138 valence electrons. The summed E-state index contributed by atoms with van der Waals surface area (Å²) in [5, 5.41) is 0.342. The lowest BCUT2D eigenvalue weighted by molar-refractivity contribution is 0.0940. The Kier molecular flexibility index (Phi) is 6.24. The number of benzene rings is 2. The Morgan fingerprint density at radius 2 is 1.92 bits per heavy atom. The molecule has 0 saturated carbocycles. The van der Waals surface area contributed by atoms with E-state index in [9.17, 15) is 13.6 Å². The van der Waals surface area contributed by atoms with Gasteiger partial charge in [0.05, 0.1) is 5.56 Å². The SMILES string of the molecule is Cc1cc(-c2cccc(F)c2)cc(C(=O)NNSC2CCOCC2)c1F. The van der Waals surface area contributed by atoms with Gasteiger partial charge < -0.3 is 4.74 Å². The van der Waals surface area contributed by atoms with Crippen LogP contribution < -0.4 is 10.3 Å². The summed E-state index contributed by atoms with van der Waals surface area (Å²) in [5.74, 6) is -1.53. The van der Waals surface area contributed by atoms with Gasteiger partial charge in [-0.2, -0.15) is 4.83 Å². The number of ether oxygens (including phenoxy) is 1. The van der Waals surface area contributed by atoms with Crippen LogP contribution >= 0.6 is 11.9 Å². The number of nitrogens with one attached hydrogen (secondary N) is 2. The summed E-state index contributed by atoms with van der Waals surface area (Å²) in [7, 11) is 0. The molecule has 0 spiro atoms. The standard InChI is InChI=1S/C19H20F2N2O2S/c1-12-9-14(13-3-2-4-15(20)10-13)11-17(18(12)21)19(24)22-23-26-16-5-7-25-8-6-16/h2-4,9-11,16,23H,5-8H2,1H3,(H,22,24). The van der Waals surface area contributed by atoms with Gasteiger partial charge in [0.1, 0.15) is 11.6 Å². The van der Waals surface area contributed by atoms with Crippen LogP contribution in [-0.4, -0.2) is 24.4 Å². The van der Waals surface area contributed by atoms with Gasteiger partial charge in [0.2, 0.25) is 0 Å². The summed E-state index contributed by atoms with van der Waals surface area (Å²) in [6, 6.07) is 9.03. The fourth-order valence-electron chi connectivity index (χ4n) is 2.79. The zero-order valence-electron chi connectivity index (χ0n) is 14.4. The first-order valence-electron chi connectivity index (χ1n) is 8.39. The number of carbonyl (C=O) groups excluding carboxylic acids is 1. The third-order valence-corrected chi connectivity index (χ3v) is 5.24. The lowest BCUT2D eigenvalue weighted by Gasteiger charge is -2.21. The van der Waals surface area contributed by atoms with Gasteiger partial charge in [-0.1, -0.05) is 24.1 Å². The van der Waals surface area contributed by atoms with Crippen LogP contribution in [0.1, 0.15) is 28.8 Å². The van der Waals surface area contributed by atoms with Crippen LogP contribution in [0.15, 0.2) is 36.4 Å². The van der Waals surface area contributed by atoms with Crippen molar-refractivity contribution < 1.29 is 18.3 Å². The number of halogens is 2. The smallest absolute Gasteiger partial charge is 0.269 e. The molecule has 26 heavy (non-hydrogen) atoms. The molecule has 1 heterocycles. The minimum Gasteiger partial charge on any atom is -0.381 e. The lowest BCUT2D eigenvalue weighted by Crippen LogP contribution is -2.35. The van der Waals surface area contributed by atoms with Gasteiger partial charge in [0.25, 0.3) is 5.91 Å². The van der Waals surface area contributed by atoms with Crippen molar-refractivity contribution in [2.45, 2.75) is 25.0 Å². The van der Waals surface area contributed by atoms with Crippen molar-refractivity contribution in [3.63, 3.8) is 0 Å². The van der Waals surface area contributed by atoms with Crippen LogP contribution in [-0.2, 0) is 4.74 Å². The Balaban J connectivity index is 1.72. The van der Waals surface area contributed by atoms with E-state index < -0.39 is 11.7 Å². The summed E-state index contributed by atoms with van der Waals surface area (Å²) in [6.45, 7) is 2.99. The zero-order valence-corrected chi connectivity index (χ0v) is 15.2. The number of rotatable bonds is 5. The maximum atomic E-state index is 14.4. The largest absolute Gasteiger partial charge is 0.381 e. The summed E-state index contributed by atoms with van der Waals surface area (Å²) >= 11 is 1.40. The van der Waals surface area contributed by atoms with E-state index in [0.29, 0.717) is 35.2 Å². The second-order valence-electron chi connectivity index (χ2n) is 6.15. The molecule has 0 aromatic heterocycles. The Bertz CT molecular complexity index is 795. The Hall–Kier alpha value is -1.96. The second-order valence-corrected chi connectivity index (χ2v) is 7.26. The molecule has 7 heteroatoms. The van der Waals surface area contributed by atoms with Crippen LogP contribution in [0, 0.1) is 18.6 Å². The zero-order chi connectivity index (χ0) is 18.5. The summed E-state index contributed by atoms with van der Waals surface area (Å²) < 4.78 is 33.2. The molecule has 1 aliphatic rings. The molecule has 1 amide bonds. The second kappa shape index (κ2) is 8.62. The summed E-state index contributed by atoms with van der Waals surface area (Å²) in [4.78, 5) is 15.2. The number of hydrogen-bond acceptors (Lipinski definition) is 4. The molecule has 0 radical (unpaired) electrons. The van der Waals surface area contributed by atoms with Gasteiger partial charge >= 0.3 is 0 Å². The molecule has 2 N–H and O–H groups in total. The molecule has 0 atom stereocenters. The van der Waals surface area contributed by atoms with Crippen molar-refractivity contribution in [3.05, 3.63) is 59.2 Å². The number of hydrazine groups is 1. The predicted octanol–water partition coefficient (Wildman–Crippen LogP) is 4.00. The molecular formula is C19H20F2N2O2S. The van der Waals surface area contributed by atoms with E-state index in [1.807, 2.05) is 0 Å². The van der Waals surface area contributed by atoms with Crippen LogP contribution in [0.5, 0.6) is 0 Å². The first-order valence-corrected chi connectivity index (χ1v) is 9.27. The first kappa shape index (κ1) is 18.8. The molecule has 1 saturated heterocycles. The third-order valence-electron chi connectivity index (χ3n) is 4.22. The van der Waals surface area contributed by atoms with Crippen LogP contribution in [0.2, 0.25) is 0 Å². The number of amides is 1. The molecule has 2 aromatic rings. The van der Waals surface area contributed by atoms with E-state index >= 15 is 0 Å². The molecule has 0 bridgehead atoms. The van der Waals surface area contributed by atoms with Crippen molar-refractivity contribution in [2.75, 3.05) is 13.2 Å². The summed E-state index contributed by atoms with van der Waals surface area (Å²) in [5.41, 5.74) is 3.95. The third kappa shape index (κ3) is 4.60. The fraction of sp³-hybridized carbons (Fsp3) is 0.316. The topological polar surface area (TPSA) is 50.4 Å². The van der Waals surface area contributed by atoms with Gasteiger partial charge in [-0.15, -0.1) is 0 Å². The Morgan fingerprint density at radius 1 is 1.15 bits per heavy atom. The number of carbonyl (C=O) groups is 1. The molecule has 1 fully saturated rings. The number of aryl methyl sites for hydroxylation is 1. The van der Waals surface area contributed by atoms with Crippen LogP contribution in [0.25, 0.3) is 11.1 Å². The minimum atomic E-state index is -0.583. The molecule has 3 rings (SSSR count). The molecule has 4 nitrogen and oxygen atoms in total. The Morgan fingerprint density at radius 3 is 2.65 bits per heavy atom. The van der Waals surface area contributed by atoms with Crippen molar-refractivity contribution >= 4 is 17.9 Å². The van der Waals surface area contributed by atoms with Crippen molar-refractivity contribution in [3.8, 4) is 11.1 Å². The van der Waals surface area contributed by atoms with E-state index in [4.69, 9.17) is 4.74 Å². The number of hydrogen-bond donors (Lipinski definition) is 2. The molecule has 1 aliphatic heterocycles. The monoisotopic (exact) mass is 378 g/mol. The van der Waals surface area contributed by atoms with Gasteiger partial charge in [0, 0.05) is 18.5 Å². The Labute approximate surface area is 155 Å². The molecule has 2 aromatic carbocycles. The highest BCUT2D eigenvalue weighted by atomic mass is 32.2. The van der Waals surface area contributed by atoms with Gasteiger partial charge in [0.15, 0.2) is 0 Å². The highest BCUT2D eigenvalue weighted by molar-refractivity contribution is 7.98. The average Bonchev–Trinajstić information content (AvgIpc) is 2.64. The van der Waals surface area contributed by atoms with E-state index in [1.54, 1.807) is 25.1 Å². The maximum absolute atomic E-state index is 14.4. The van der Waals surface area contributed by atoms with Crippen LogP contribution in [0.3, 0.4) is 0 Å². The molecule has 0 unspecified atom stereocenters. The lowest BCUT2D eigenvalue weighted by atomic mass is 9.99. The molecule has 0 aliphatic carbocycles. The van der Waals surface area contributed by atoms with E-state index in [0.717, 1.165) is 12.8 Å².